The maximum absolute atomic E-state index is 12.3. The van der Waals surface area contributed by atoms with Crippen molar-refractivity contribution in [3.63, 3.8) is 0 Å². The number of carbonyl (C=O) groups excluding carboxylic acids is 1. The molecule has 0 fully saturated rings. The minimum absolute atomic E-state index is 0.0123. The van der Waals surface area contributed by atoms with Gasteiger partial charge in [-0.15, -0.1) is 0 Å². The molecule has 0 aliphatic carbocycles. The maximum atomic E-state index is 12.3. The average Bonchev–Trinajstić information content (AvgIpc) is 2.36. The van der Waals surface area contributed by atoms with E-state index in [0.717, 1.165) is 0 Å². The van der Waals surface area contributed by atoms with E-state index in [0.29, 0.717) is 0 Å². The zero-order valence-electron chi connectivity index (χ0n) is 11.4. The number of nitrogen functional groups attached to an aromatic ring is 1. The molecule has 0 atom stereocenters. The Hall–Kier alpha value is -1.60. The Bertz CT molecular complexity index is 581. The molecule has 106 valence electrons. The summed E-state index contributed by atoms with van der Waals surface area (Å²) < 4.78 is 30.3. The van der Waals surface area contributed by atoms with Crippen LogP contribution in [0, 0.1) is 0 Å². The molecular weight excluding hydrogens is 268 g/mol. The van der Waals surface area contributed by atoms with Gasteiger partial charge in [-0.2, -0.15) is 4.31 Å². The average molecular weight is 286 g/mol. The molecule has 0 amide bonds. The van der Waals surface area contributed by atoms with E-state index in [9.17, 15) is 13.2 Å². The first-order valence-corrected chi connectivity index (χ1v) is 7.11. The molecule has 0 aliphatic rings. The number of sulfonamides is 1. The number of benzene rings is 1. The number of esters is 1. The van der Waals surface area contributed by atoms with Crippen LogP contribution in [0.4, 0.5) is 5.69 Å². The summed E-state index contributed by atoms with van der Waals surface area (Å²) in [6.07, 6.45) is 0. The number of carbonyl (C=O) groups is 1. The van der Waals surface area contributed by atoms with E-state index in [1.807, 2.05) is 0 Å². The van der Waals surface area contributed by atoms with E-state index >= 15 is 0 Å². The molecule has 19 heavy (non-hydrogen) atoms. The van der Waals surface area contributed by atoms with Crippen LogP contribution in [0.15, 0.2) is 23.1 Å². The summed E-state index contributed by atoms with van der Waals surface area (Å²) in [6, 6.07) is 3.79. The first kappa shape index (κ1) is 15.5. The summed E-state index contributed by atoms with van der Waals surface area (Å²) in [5, 5.41) is 0. The molecule has 0 radical (unpaired) electrons. The maximum Gasteiger partial charge on any atom is 0.339 e. The summed E-state index contributed by atoms with van der Waals surface area (Å²) in [4.78, 5) is 11.5. The van der Waals surface area contributed by atoms with E-state index in [-0.39, 0.29) is 22.2 Å². The van der Waals surface area contributed by atoms with Crippen molar-refractivity contribution in [3.05, 3.63) is 23.8 Å². The number of rotatable bonds is 4. The van der Waals surface area contributed by atoms with Crippen LogP contribution in [0.2, 0.25) is 0 Å². The fraction of sp³-hybridized carbons (Fsp3) is 0.417. The van der Waals surface area contributed by atoms with Crippen LogP contribution >= 0.6 is 0 Å². The monoisotopic (exact) mass is 286 g/mol. The lowest BCUT2D eigenvalue weighted by Gasteiger charge is -2.21. The van der Waals surface area contributed by atoms with Gasteiger partial charge in [-0.25, -0.2) is 13.2 Å². The highest BCUT2D eigenvalue weighted by Crippen LogP contribution is 2.22. The zero-order valence-corrected chi connectivity index (χ0v) is 12.2. The number of hydrogen-bond acceptors (Lipinski definition) is 5. The van der Waals surface area contributed by atoms with Gasteiger partial charge < -0.3 is 10.5 Å². The van der Waals surface area contributed by atoms with E-state index in [1.165, 1.54) is 36.7 Å². The van der Waals surface area contributed by atoms with Gasteiger partial charge in [0, 0.05) is 18.8 Å². The number of methoxy groups -OCH3 is 1. The fourth-order valence-electron chi connectivity index (χ4n) is 1.43. The second-order valence-corrected chi connectivity index (χ2v) is 6.35. The predicted octanol–water partition coefficient (Wildman–Crippen LogP) is 1.08. The Labute approximate surface area is 113 Å². The molecule has 1 aromatic carbocycles. The molecular formula is C12H18N2O4S. The van der Waals surface area contributed by atoms with Crippen LogP contribution in [0.3, 0.4) is 0 Å². The number of nitrogens with two attached hydrogens (primary N) is 1. The lowest BCUT2D eigenvalue weighted by atomic mass is 10.2. The molecule has 0 spiro atoms. The van der Waals surface area contributed by atoms with Crippen LogP contribution in [-0.4, -0.2) is 38.9 Å². The summed E-state index contributed by atoms with van der Waals surface area (Å²) in [6.45, 7) is 3.52. The van der Waals surface area contributed by atoms with Gasteiger partial charge in [0.05, 0.1) is 17.6 Å². The van der Waals surface area contributed by atoms with Gasteiger partial charge in [0.1, 0.15) is 0 Å². The zero-order chi connectivity index (χ0) is 14.8. The first-order valence-electron chi connectivity index (χ1n) is 5.67. The van der Waals surface area contributed by atoms with E-state index in [1.54, 1.807) is 13.8 Å². The summed E-state index contributed by atoms with van der Waals surface area (Å²) in [7, 11) is -0.957. The third kappa shape index (κ3) is 3.05. The van der Waals surface area contributed by atoms with Crippen molar-refractivity contribution in [2.45, 2.75) is 24.8 Å². The Morgan fingerprint density at radius 3 is 2.42 bits per heavy atom. The summed E-state index contributed by atoms with van der Waals surface area (Å²) in [5.74, 6) is -0.665. The molecule has 1 aromatic rings. The third-order valence-electron chi connectivity index (χ3n) is 2.83. The lowest BCUT2D eigenvalue weighted by Crippen LogP contribution is -2.33. The summed E-state index contributed by atoms with van der Waals surface area (Å²) >= 11 is 0. The van der Waals surface area contributed by atoms with Crippen molar-refractivity contribution in [1.82, 2.24) is 4.31 Å². The van der Waals surface area contributed by atoms with Crippen molar-refractivity contribution < 1.29 is 17.9 Å². The largest absolute Gasteiger partial charge is 0.465 e. The van der Waals surface area contributed by atoms with Crippen molar-refractivity contribution in [2.24, 2.45) is 0 Å². The first-order chi connectivity index (χ1) is 8.71. The molecule has 0 unspecified atom stereocenters. The molecule has 0 aromatic heterocycles. The summed E-state index contributed by atoms with van der Waals surface area (Å²) in [5.41, 5.74) is 5.86. The van der Waals surface area contributed by atoms with E-state index in [4.69, 9.17) is 5.73 Å². The highest BCUT2D eigenvalue weighted by Gasteiger charge is 2.24. The third-order valence-corrected chi connectivity index (χ3v) is 4.86. The van der Waals surface area contributed by atoms with Gasteiger partial charge in [0.15, 0.2) is 0 Å². The number of hydrogen-bond donors (Lipinski definition) is 1. The Morgan fingerprint density at radius 1 is 1.37 bits per heavy atom. The molecule has 0 saturated heterocycles. The van der Waals surface area contributed by atoms with Crippen LogP contribution in [-0.2, 0) is 14.8 Å². The second-order valence-electron chi connectivity index (χ2n) is 4.36. The van der Waals surface area contributed by atoms with Crippen molar-refractivity contribution >= 4 is 21.7 Å². The molecule has 2 N–H and O–H groups in total. The highest BCUT2D eigenvalue weighted by molar-refractivity contribution is 7.89. The SMILES string of the molecule is COC(=O)c1cc(S(=O)(=O)N(C)C(C)C)ccc1N. The number of anilines is 1. The standard InChI is InChI=1S/C12H18N2O4S/c1-8(2)14(3)19(16,17)9-5-6-11(13)10(7-9)12(15)18-4/h5-8H,13H2,1-4H3. The van der Waals surface area contributed by atoms with Crippen molar-refractivity contribution in [1.29, 1.82) is 0 Å². The molecule has 0 bridgehead atoms. The highest BCUT2D eigenvalue weighted by atomic mass is 32.2. The second kappa shape index (κ2) is 5.58. The van der Waals surface area contributed by atoms with Gasteiger partial charge in [-0.1, -0.05) is 0 Å². The van der Waals surface area contributed by atoms with Crippen LogP contribution in [0.1, 0.15) is 24.2 Å². The molecule has 0 heterocycles. The van der Waals surface area contributed by atoms with Gasteiger partial charge in [0.25, 0.3) is 0 Å². The Kier molecular flexibility index (Phi) is 4.54. The minimum atomic E-state index is -3.65. The van der Waals surface area contributed by atoms with Gasteiger partial charge in [-0.3, -0.25) is 0 Å². The van der Waals surface area contributed by atoms with Crippen molar-refractivity contribution in [2.75, 3.05) is 19.9 Å². The number of nitrogens with zero attached hydrogens (tertiary/aromatic N) is 1. The Balaban J connectivity index is 3.34. The van der Waals surface area contributed by atoms with Gasteiger partial charge >= 0.3 is 5.97 Å². The fourth-order valence-corrected chi connectivity index (χ4v) is 2.82. The quantitative estimate of drug-likeness (QED) is 0.661. The normalized spacial score (nSPS) is 11.9. The smallest absolute Gasteiger partial charge is 0.339 e. The molecule has 1 rings (SSSR count). The van der Waals surface area contributed by atoms with Crippen LogP contribution < -0.4 is 5.73 Å². The van der Waals surface area contributed by atoms with Crippen LogP contribution in [0.25, 0.3) is 0 Å². The molecule has 0 aliphatic heterocycles. The minimum Gasteiger partial charge on any atom is -0.465 e. The topological polar surface area (TPSA) is 89.7 Å². The number of ether oxygens (including phenoxy) is 1. The molecule has 7 heteroatoms. The molecule has 6 nitrogen and oxygen atoms in total. The van der Waals surface area contributed by atoms with E-state index in [2.05, 4.69) is 4.74 Å². The van der Waals surface area contributed by atoms with Gasteiger partial charge in [-0.05, 0) is 32.0 Å². The molecule has 0 saturated carbocycles. The van der Waals surface area contributed by atoms with E-state index < -0.39 is 16.0 Å². The Morgan fingerprint density at radius 2 is 1.95 bits per heavy atom. The van der Waals surface area contributed by atoms with Gasteiger partial charge in [0.2, 0.25) is 10.0 Å². The lowest BCUT2D eigenvalue weighted by molar-refractivity contribution is 0.0601. The van der Waals surface area contributed by atoms with Crippen molar-refractivity contribution in [3.8, 4) is 0 Å². The predicted molar refractivity (Wildman–Crippen MR) is 72.3 cm³/mol. The van der Waals surface area contributed by atoms with Crippen LogP contribution in [0.5, 0.6) is 0 Å².